The largest absolute Gasteiger partial charge is 0.333 e. The molecule has 100 valence electrons. The van der Waals surface area contributed by atoms with E-state index in [0.717, 1.165) is 17.8 Å². The highest BCUT2D eigenvalue weighted by molar-refractivity contribution is 6.30. The van der Waals surface area contributed by atoms with Crippen molar-refractivity contribution in [1.82, 2.24) is 14.9 Å². The van der Waals surface area contributed by atoms with Crippen LogP contribution < -0.4 is 5.32 Å². The molecule has 0 unspecified atom stereocenters. The Balaban J connectivity index is 1.63. The maximum atomic E-state index is 13.1. The predicted octanol–water partition coefficient (Wildman–Crippen LogP) is 2.98. The Morgan fingerprint density at radius 3 is 3.00 bits per heavy atom. The van der Waals surface area contributed by atoms with Crippen molar-refractivity contribution in [3.05, 3.63) is 52.8 Å². The summed E-state index contributed by atoms with van der Waals surface area (Å²) < 4.78 is 15.0. The third kappa shape index (κ3) is 3.33. The van der Waals surface area contributed by atoms with Crippen LogP contribution >= 0.6 is 11.6 Å². The van der Waals surface area contributed by atoms with Crippen LogP contribution in [-0.2, 0) is 13.1 Å². The van der Waals surface area contributed by atoms with Gasteiger partial charge in [-0.3, -0.25) is 0 Å². The number of nitrogens with one attached hydrogen (secondary N) is 1. The molecule has 1 aromatic carbocycles. The van der Waals surface area contributed by atoms with E-state index in [9.17, 15) is 4.39 Å². The Bertz CT molecular complexity index is 578. The van der Waals surface area contributed by atoms with Crippen LogP contribution in [0, 0.1) is 5.82 Å². The number of hydrogen-bond donors (Lipinski definition) is 1. The maximum absolute atomic E-state index is 13.1. The Morgan fingerprint density at radius 1 is 1.42 bits per heavy atom. The summed E-state index contributed by atoms with van der Waals surface area (Å²) in [6.07, 6.45) is 6.34. The van der Waals surface area contributed by atoms with Crippen LogP contribution in [-0.4, -0.2) is 15.6 Å². The average molecular weight is 280 g/mol. The molecule has 3 nitrogen and oxygen atoms in total. The Labute approximate surface area is 116 Å². The van der Waals surface area contributed by atoms with E-state index in [2.05, 4.69) is 10.3 Å². The van der Waals surface area contributed by atoms with Crippen molar-refractivity contribution in [2.75, 3.05) is 0 Å². The van der Waals surface area contributed by atoms with Crippen molar-refractivity contribution in [3.63, 3.8) is 0 Å². The normalized spacial score (nSPS) is 14.8. The Hall–Kier alpha value is -1.39. The number of benzene rings is 1. The number of nitrogens with zero attached hydrogens (tertiary/aromatic N) is 2. The van der Waals surface area contributed by atoms with Crippen LogP contribution in [0.3, 0.4) is 0 Å². The minimum absolute atomic E-state index is 0.160. The molecule has 3 rings (SSSR count). The monoisotopic (exact) mass is 279 g/mol. The van der Waals surface area contributed by atoms with E-state index >= 15 is 0 Å². The molecule has 2 aromatic rings. The first kappa shape index (κ1) is 12.6. The average Bonchev–Trinajstić information content (AvgIpc) is 3.12. The first-order valence-electron chi connectivity index (χ1n) is 6.38. The quantitative estimate of drug-likeness (QED) is 0.912. The van der Waals surface area contributed by atoms with Gasteiger partial charge in [0.15, 0.2) is 0 Å². The van der Waals surface area contributed by atoms with Gasteiger partial charge in [-0.05, 0) is 30.5 Å². The van der Waals surface area contributed by atoms with Crippen LogP contribution in [0.1, 0.15) is 24.1 Å². The van der Waals surface area contributed by atoms with Crippen molar-refractivity contribution in [2.24, 2.45) is 0 Å². The van der Waals surface area contributed by atoms with Crippen LogP contribution in [0.2, 0.25) is 5.02 Å². The molecule has 1 aromatic heterocycles. The van der Waals surface area contributed by atoms with Gasteiger partial charge in [-0.1, -0.05) is 17.7 Å². The number of imidazole rings is 1. The number of aromatic nitrogens is 2. The highest BCUT2D eigenvalue weighted by Crippen LogP contribution is 2.19. The van der Waals surface area contributed by atoms with Crippen molar-refractivity contribution >= 4 is 11.6 Å². The first-order chi connectivity index (χ1) is 9.20. The molecule has 1 heterocycles. The van der Waals surface area contributed by atoms with E-state index < -0.39 is 0 Å². The fraction of sp³-hybridized carbons (Fsp3) is 0.357. The minimum atomic E-state index is -0.384. The van der Waals surface area contributed by atoms with Gasteiger partial charge in [-0.15, -0.1) is 0 Å². The third-order valence-electron chi connectivity index (χ3n) is 3.19. The summed E-state index contributed by atoms with van der Waals surface area (Å²) in [6.45, 7) is 1.46. The Morgan fingerprint density at radius 2 is 2.26 bits per heavy atom. The molecule has 19 heavy (non-hydrogen) atoms. The lowest BCUT2D eigenvalue weighted by Crippen LogP contribution is -2.15. The second kappa shape index (κ2) is 5.31. The second-order valence-corrected chi connectivity index (χ2v) is 5.35. The van der Waals surface area contributed by atoms with E-state index in [-0.39, 0.29) is 10.8 Å². The van der Waals surface area contributed by atoms with Crippen LogP contribution in [0.25, 0.3) is 0 Å². The lowest BCUT2D eigenvalue weighted by Gasteiger charge is -2.03. The van der Waals surface area contributed by atoms with Gasteiger partial charge in [0.25, 0.3) is 0 Å². The molecule has 1 N–H and O–H groups in total. The maximum Gasteiger partial charge on any atom is 0.141 e. The molecule has 0 bridgehead atoms. The van der Waals surface area contributed by atoms with E-state index in [1.165, 1.54) is 18.9 Å². The van der Waals surface area contributed by atoms with Crippen molar-refractivity contribution in [1.29, 1.82) is 0 Å². The van der Waals surface area contributed by atoms with E-state index in [0.29, 0.717) is 12.6 Å². The lowest BCUT2D eigenvalue weighted by molar-refractivity contribution is 0.626. The molecule has 1 saturated carbocycles. The summed E-state index contributed by atoms with van der Waals surface area (Å²) in [5, 5.41) is 3.58. The molecule has 0 spiro atoms. The van der Waals surface area contributed by atoms with Gasteiger partial charge in [-0.25, -0.2) is 9.37 Å². The highest BCUT2D eigenvalue weighted by Gasteiger charge is 2.20. The van der Waals surface area contributed by atoms with Gasteiger partial charge in [0, 0.05) is 25.3 Å². The summed E-state index contributed by atoms with van der Waals surface area (Å²) in [5.74, 6) is -0.384. The standard InChI is InChI=1S/C14H15ClFN3/c15-13-5-10(1-4-14(13)16)7-19-8-12(18-9-19)6-17-11-2-3-11/h1,4-5,8-9,11,17H,2-3,6-7H2. The van der Waals surface area contributed by atoms with Crippen molar-refractivity contribution < 1.29 is 4.39 Å². The molecule has 1 aliphatic carbocycles. The van der Waals surface area contributed by atoms with Gasteiger partial charge < -0.3 is 9.88 Å². The summed E-state index contributed by atoms with van der Waals surface area (Å²) in [6, 6.07) is 5.47. The van der Waals surface area contributed by atoms with E-state index in [4.69, 9.17) is 11.6 Å². The summed E-state index contributed by atoms with van der Waals surface area (Å²) in [4.78, 5) is 4.35. The summed E-state index contributed by atoms with van der Waals surface area (Å²) >= 11 is 5.77. The molecular weight excluding hydrogens is 265 g/mol. The van der Waals surface area contributed by atoms with Gasteiger partial charge in [0.2, 0.25) is 0 Å². The molecule has 1 aliphatic rings. The van der Waals surface area contributed by atoms with Crippen LogP contribution in [0.4, 0.5) is 4.39 Å². The zero-order valence-electron chi connectivity index (χ0n) is 10.4. The fourth-order valence-corrected chi connectivity index (χ4v) is 2.17. The molecule has 0 saturated heterocycles. The second-order valence-electron chi connectivity index (χ2n) is 4.94. The number of hydrogen-bond acceptors (Lipinski definition) is 2. The topological polar surface area (TPSA) is 29.9 Å². The fourth-order valence-electron chi connectivity index (χ4n) is 1.97. The van der Waals surface area contributed by atoms with E-state index in [1.807, 2.05) is 10.8 Å². The predicted molar refractivity (Wildman–Crippen MR) is 72.6 cm³/mol. The van der Waals surface area contributed by atoms with Gasteiger partial charge >= 0.3 is 0 Å². The van der Waals surface area contributed by atoms with Crippen LogP contribution in [0.5, 0.6) is 0 Å². The third-order valence-corrected chi connectivity index (χ3v) is 3.47. The van der Waals surface area contributed by atoms with Crippen molar-refractivity contribution in [3.8, 4) is 0 Å². The number of rotatable bonds is 5. The van der Waals surface area contributed by atoms with Gasteiger partial charge in [-0.2, -0.15) is 0 Å². The summed E-state index contributed by atoms with van der Waals surface area (Å²) in [5.41, 5.74) is 1.99. The molecule has 0 atom stereocenters. The smallest absolute Gasteiger partial charge is 0.141 e. The Kier molecular flexibility index (Phi) is 3.53. The zero-order valence-corrected chi connectivity index (χ0v) is 11.2. The summed E-state index contributed by atoms with van der Waals surface area (Å²) in [7, 11) is 0. The molecule has 0 amide bonds. The molecular formula is C14H15ClFN3. The van der Waals surface area contributed by atoms with E-state index in [1.54, 1.807) is 18.5 Å². The molecule has 5 heteroatoms. The van der Waals surface area contributed by atoms with Gasteiger partial charge in [0.1, 0.15) is 5.82 Å². The minimum Gasteiger partial charge on any atom is -0.333 e. The number of halogens is 2. The molecule has 0 radical (unpaired) electrons. The van der Waals surface area contributed by atoms with Gasteiger partial charge in [0.05, 0.1) is 17.0 Å². The molecule has 1 fully saturated rings. The van der Waals surface area contributed by atoms with Crippen LogP contribution in [0.15, 0.2) is 30.7 Å². The SMILES string of the molecule is Fc1ccc(Cn2cnc(CNC3CC3)c2)cc1Cl. The first-order valence-corrected chi connectivity index (χ1v) is 6.76. The lowest BCUT2D eigenvalue weighted by atomic mass is 10.2. The molecule has 0 aliphatic heterocycles. The zero-order chi connectivity index (χ0) is 13.2. The highest BCUT2D eigenvalue weighted by atomic mass is 35.5. The van der Waals surface area contributed by atoms with Crippen molar-refractivity contribution in [2.45, 2.75) is 32.0 Å².